The third kappa shape index (κ3) is 3.06. The van der Waals surface area contributed by atoms with Gasteiger partial charge in [0.1, 0.15) is 0 Å². The lowest BCUT2D eigenvalue weighted by molar-refractivity contribution is 0.200. The maximum absolute atomic E-state index is 4.34. The second-order valence-corrected chi connectivity index (χ2v) is 16.8. The Kier molecular flexibility index (Phi) is 5.26. The van der Waals surface area contributed by atoms with Crippen LogP contribution >= 0.6 is 31.9 Å². The molecule has 2 heteroatoms. The van der Waals surface area contributed by atoms with Gasteiger partial charge in [0.05, 0.1) is 0 Å². The minimum absolute atomic E-state index is 0.00111. The highest BCUT2D eigenvalue weighted by molar-refractivity contribution is 9.15. The molecular formula is C42H36Br2. The van der Waals surface area contributed by atoms with E-state index in [4.69, 9.17) is 0 Å². The van der Waals surface area contributed by atoms with Crippen LogP contribution in [0.3, 0.4) is 0 Å². The molecule has 44 heavy (non-hydrogen) atoms. The summed E-state index contributed by atoms with van der Waals surface area (Å²) in [6.07, 6.45) is 2.05. The first kappa shape index (κ1) is 27.4. The number of rotatable bonds is 0. The molecule has 9 rings (SSSR count). The van der Waals surface area contributed by atoms with Crippen LogP contribution in [0.1, 0.15) is 76.6 Å². The van der Waals surface area contributed by atoms with E-state index in [2.05, 4.69) is 158 Å². The molecule has 0 bridgehead atoms. The van der Waals surface area contributed by atoms with Gasteiger partial charge in [-0.1, -0.05) is 152 Å². The zero-order valence-corrected chi connectivity index (χ0v) is 29.4. The van der Waals surface area contributed by atoms with Crippen molar-refractivity contribution in [2.45, 2.75) is 65.2 Å². The molecule has 0 aromatic heterocycles. The fraction of sp³-hybridized carbons (Fsp3) is 0.286. The molecule has 0 heterocycles. The van der Waals surface area contributed by atoms with Crippen LogP contribution in [0.2, 0.25) is 0 Å². The maximum Gasteiger partial charge on any atom is 0.0159 e. The number of fused-ring (bicyclic) bond motifs is 11. The minimum Gasteiger partial charge on any atom is -0.0616 e. The first-order valence-corrected chi connectivity index (χ1v) is 17.5. The smallest absolute Gasteiger partial charge is 0.0159 e. The third-order valence-corrected chi connectivity index (χ3v) is 15.1. The van der Waals surface area contributed by atoms with E-state index in [1.165, 1.54) is 74.3 Å². The van der Waals surface area contributed by atoms with Crippen molar-refractivity contribution < 1.29 is 0 Å². The lowest BCUT2D eigenvalue weighted by Crippen LogP contribution is -2.51. The van der Waals surface area contributed by atoms with Gasteiger partial charge in [0, 0.05) is 30.6 Å². The normalized spacial score (nSPS) is 25.5. The molecule has 0 fully saturated rings. The summed E-state index contributed by atoms with van der Waals surface area (Å²) in [5, 5.41) is 8.09. The van der Waals surface area contributed by atoms with Gasteiger partial charge in [-0.05, 0) is 95.9 Å². The second-order valence-electron chi connectivity index (χ2n) is 15.2. The first-order valence-electron chi connectivity index (χ1n) is 15.9. The Morgan fingerprint density at radius 3 is 1.68 bits per heavy atom. The van der Waals surface area contributed by atoms with Gasteiger partial charge in [-0.3, -0.25) is 0 Å². The van der Waals surface area contributed by atoms with Crippen molar-refractivity contribution in [1.82, 2.24) is 0 Å². The molecule has 0 saturated carbocycles. The molecule has 0 aliphatic heterocycles. The van der Waals surface area contributed by atoms with Crippen LogP contribution < -0.4 is 10.4 Å². The Balaban J connectivity index is 1.33. The lowest BCUT2D eigenvalue weighted by Gasteiger charge is -2.53. The van der Waals surface area contributed by atoms with E-state index in [1.54, 1.807) is 11.1 Å². The summed E-state index contributed by atoms with van der Waals surface area (Å²) in [5.41, 5.74) is 11.6. The van der Waals surface area contributed by atoms with E-state index in [1.807, 2.05) is 0 Å². The average Bonchev–Trinajstić information content (AvgIpc) is 3.38. The van der Waals surface area contributed by atoms with Crippen LogP contribution in [0.15, 0.2) is 90.5 Å². The molecule has 0 N–H and O–H groups in total. The van der Waals surface area contributed by atoms with Crippen LogP contribution in [0.25, 0.3) is 47.2 Å². The van der Waals surface area contributed by atoms with Crippen LogP contribution in [0, 0.1) is 10.8 Å². The van der Waals surface area contributed by atoms with Gasteiger partial charge in [-0.15, -0.1) is 0 Å². The molecule has 4 aliphatic carbocycles. The quantitative estimate of drug-likeness (QED) is 0.151. The molecule has 0 amide bonds. The number of benzene rings is 5. The maximum atomic E-state index is 4.34. The van der Waals surface area contributed by atoms with Gasteiger partial charge in [0.2, 0.25) is 0 Å². The summed E-state index contributed by atoms with van der Waals surface area (Å²) in [7, 11) is 0. The van der Waals surface area contributed by atoms with Crippen molar-refractivity contribution in [3.05, 3.63) is 123 Å². The summed E-state index contributed by atoms with van der Waals surface area (Å²) in [6, 6.07) is 32.3. The third-order valence-electron chi connectivity index (χ3n) is 12.4. The van der Waals surface area contributed by atoms with E-state index in [0.29, 0.717) is 0 Å². The number of allylic oxidation sites excluding steroid dienone is 2. The fourth-order valence-electron chi connectivity index (χ4n) is 9.58. The summed E-state index contributed by atoms with van der Waals surface area (Å²) in [5.74, 6) is 0. The number of halogens is 2. The molecule has 0 nitrogen and oxygen atoms in total. The van der Waals surface area contributed by atoms with Gasteiger partial charge >= 0.3 is 0 Å². The topological polar surface area (TPSA) is 0 Å². The van der Waals surface area contributed by atoms with Crippen LogP contribution in [0.5, 0.6) is 0 Å². The molecule has 5 aromatic rings. The lowest BCUT2D eigenvalue weighted by atomic mass is 9.53. The molecule has 5 aromatic carbocycles. The zero-order valence-electron chi connectivity index (χ0n) is 26.3. The Bertz CT molecular complexity index is 2330. The monoisotopic (exact) mass is 698 g/mol. The molecule has 0 spiro atoms. The Morgan fingerprint density at radius 2 is 1.05 bits per heavy atom. The van der Waals surface area contributed by atoms with Crippen molar-refractivity contribution in [3.8, 4) is 11.1 Å². The zero-order chi connectivity index (χ0) is 30.6. The van der Waals surface area contributed by atoms with Gasteiger partial charge in [0.15, 0.2) is 0 Å². The van der Waals surface area contributed by atoms with E-state index < -0.39 is 0 Å². The van der Waals surface area contributed by atoms with Crippen LogP contribution in [-0.4, -0.2) is 0 Å². The molecule has 0 radical (unpaired) electrons. The number of hydrogen-bond donors (Lipinski definition) is 0. The van der Waals surface area contributed by atoms with Crippen molar-refractivity contribution in [3.63, 3.8) is 0 Å². The van der Waals surface area contributed by atoms with Crippen LogP contribution in [-0.2, 0) is 10.8 Å². The van der Waals surface area contributed by atoms with E-state index in [9.17, 15) is 0 Å². The van der Waals surface area contributed by atoms with Crippen molar-refractivity contribution in [1.29, 1.82) is 0 Å². The largest absolute Gasteiger partial charge is 0.0616 e. The van der Waals surface area contributed by atoms with Crippen molar-refractivity contribution in [2.75, 3.05) is 0 Å². The van der Waals surface area contributed by atoms with Gasteiger partial charge in [-0.25, -0.2) is 0 Å². The molecule has 2 unspecified atom stereocenters. The Morgan fingerprint density at radius 1 is 0.523 bits per heavy atom. The predicted octanol–water partition coefficient (Wildman–Crippen LogP) is 10.9. The summed E-state index contributed by atoms with van der Waals surface area (Å²) >= 11 is 8.69. The average molecular weight is 701 g/mol. The van der Waals surface area contributed by atoms with Gasteiger partial charge in [-0.2, -0.15) is 0 Å². The fourth-order valence-corrected chi connectivity index (χ4v) is 11.4. The SMILES string of the molecule is CC1(C)C2=C(CC3(C)C(Br)=c4cc5c(cc4=C(Br)C3(C)C2)-c2c(ccc3ccccc23)C5(C)C)c2c1ccc1ccccc21. The summed E-state index contributed by atoms with van der Waals surface area (Å²) < 4.78 is 2.70. The highest BCUT2D eigenvalue weighted by Gasteiger charge is 2.57. The Hall–Kier alpha value is -2.94. The summed E-state index contributed by atoms with van der Waals surface area (Å²) in [4.78, 5) is 0. The van der Waals surface area contributed by atoms with E-state index in [-0.39, 0.29) is 21.7 Å². The highest BCUT2D eigenvalue weighted by Crippen LogP contribution is 2.69. The van der Waals surface area contributed by atoms with Crippen LogP contribution in [0.4, 0.5) is 0 Å². The van der Waals surface area contributed by atoms with E-state index >= 15 is 0 Å². The number of hydrogen-bond acceptors (Lipinski definition) is 0. The highest BCUT2D eigenvalue weighted by atomic mass is 79.9. The second kappa shape index (κ2) is 8.45. The molecule has 218 valence electrons. The van der Waals surface area contributed by atoms with Gasteiger partial charge < -0.3 is 0 Å². The van der Waals surface area contributed by atoms with Crippen molar-refractivity contribution >= 4 is 67.9 Å². The molecule has 4 aliphatic rings. The first-order chi connectivity index (χ1) is 20.9. The van der Waals surface area contributed by atoms with Gasteiger partial charge in [0.25, 0.3) is 0 Å². The molecule has 0 saturated heterocycles. The van der Waals surface area contributed by atoms with Crippen molar-refractivity contribution in [2.24, 2.45) is 10.8 Å². The molecular weight excluding hydrogens is 664 g/mol. The van der Waals surface area contributed by atoms with E-state index in [0.717, 1.165) is 12.8 Å². The summed E-state index contributed by atoms with van der Waals surface area (Å²) in [6.45, 7) is 14.7. The minimum atomic E-state index is -0.0944. The standard InChI is InChI=1S/C42H36Br2/c1-39(2)31-17-15-23-11-7-9-13-25(23)35(31)29-19-27-28(20-33(29)39)38(44)41(5)21-30-34(22-42(41,6)37(27)43)40(3,4)32-18-16-24-12-8-10-14-26(24)36(30)32/h7-20H,21-22H2,1-6H3. The Labute approximate surface area is 276 Å². The molecule has 2 atom stereocenters. The predicted molar refractivity (Wildman–Crippen MR) is 195 cm³/mol.